The lowest BCUT2D eigenvalue weighted by molar-refractivity contribution is 0.161. The number of hydrogen-bond donors (Lipinski definition) is 0. The van der Waals surface area contributed by atoms with Gasteiger partial charge in [-0.1, -0.05) is 25.9 Å². The van der Waals surface area contributed by atoms with Crippen LogP contribution >= 0.6 is 0 Å². The zero-order valence-corrected chi connectivity index (χ0v) is 21.2. The number of benzene rings is 1. The SMILES string of the molecule is CC(C)(C)c1noc(N2CCC(Oc3cc(N4CCc5cc(S(C)(=O)=O)ccc54)ncn3)CC2)n1. The maximum Gasteiger partial charge on any atom is 0.324 e. The predicted molar refractivity (Wildman–Crippen MR) is 131 cm³/mol. The number of hydrogen-bond acceptors (Lipinski definition) is 10. The van der Waals surface area contributed by atoms with Gasteiger partial charge in [-0.25, -0.2) is 18.4 Å². The van der Waals surface area contributed by atoms with Crippen LogP contribution in [0.4, 0.5) is 17.5 Å². The molecule has 0 atom stereocenters. The van der Waals surface area contributed by atoms with E-state index in [4.69, 9.17) is 9.26 Å². The molecule has 3 aromatic rings. The molecule has 5 rings (SSSR count). The van der Waals surface area contributed by atoms with E-state index < -0.39 is 9.84 Å². The van der Waals surface area contributed by atoms with E-state index in [1.807, 2.05) is 12.1 Å². The second-order valence-electron chi connectivity index (χ2n) is 10.1. The third kappa shape index (κ3) is 4.95. The fraction of sp³-hybridized carbons (Fsp3) is 0.500. The van der Waals surface area contributed by atoms with Crippen molar-refractivity contribution in [2.45, 2.75) is 56.4 Å². The van der Waals surface area contributed by atoms with Crippen molar-refractivity contribution in [1.29, 1.82) is 0 Å². The Morgan fingerprint density at radius 3 is 2.54 bits per heavy atom. The molecule has 0 aliphatic carbocycles. The molecule has 11 heteroatoms. The molecule has 10 nitrogen and oxygen atoms in total. The molecule has 0 spiro atoms. The lowest BCUT2D eigenvalue weighted by Crippen LogP contribution is -2.38. The van der Waals surface area contributed by atoms with Gasteiger partial charge in [0.05, 0.1) is 4.90 Å². The molecular formula is C24H30N6O4S. The van der Waals surface area contributed by atoms with Crippen LogP contribution in [0.5, 0.6) is 5.88 Å². The normalized spacial score (nSPS) is 17.0. The monoisotopic (exact) mass is 498 g/mol. The molecule has 0 amide bonds. The van der Waals surface area contributed by atoms with Crippen molar-refractivity contribution in [2.75, 3.05) is 35.7 Å². The van der Waals surface area contributed by atoms with Crippen LogP contribution in [-0.4, -0.2) is 60.5 Å². The Morgan fingerprint density at radius 2 is 1.86 bits per heavy atom. The lowest BCUT2D eigenvalue weighted by atomic mass is 9.96. The van der Waals surface area contributed by atoms with Crippen molar-refractivity contribution in [3.8, 4) is 5.88 Å². The van der Waals surface area contributed by atoms with Crippen LogP contribution in [0.15, 0.2) is 40.0 Å². The van der Waals surface area contributed by atoms with Crippen molar-refractivity contribution in [1.82, 2.24) is 20.1 Å². The van der Waals surface area contributed by atoms with Gasteiger partial charge in [0.15, 0.2) is 15.7 Å². The third-order valence-electron chi connectivity index (χ3n) is 6.36. The van der Waals surface area contributed by atoms with E-state index in [2.05, 4.69) is 50.7 Å². The standard InChI is InChI=1S/C24H30N6O4S/c1-24(2,3)22-27-23(34-28-22)29-10-8-17(9-11-29)33-21-14-20(25-15-26-21)30-12-7-16-13-18(35(4,31)32)5-6-19(16)30/h5-6,13-15,17H,7-12H2,1-4H3. The highest BCUT2D eigenvalue weighted by atomic mass is 32.2. The number of ether oxygens (including phenoxy) is 1. The summed E-state index contributed by atoms with van der Waals surface area (Å²) in [5, 5.41) is 4.12. The summed E-state index contributed by atoms with van der Waals surface area (Å²) in [6, 6.07) is 7.65. The molecule has 0 radical (unpaired) electrons. The molecule has 0 unspecified atom stereocenters. The van der Waals surface area contributed by atoms with Gasteiger partial charge in [-0.2, -0.15) is 4.98 Å². The average Bonchev–Trinajstić information content (AvgIpc) is 3.46. The first-order chi connectivity index (χ1) is 16.6. The Labute approximate surface area is 205 Å². The highest BCUT2D eigenvalue weighted by molar-refractivity contribution is 7.90. The molecule has 0 saturated carbocycles. The highest BCUT2D eigenvalue weighted by Gasteiger charge is 2.28. The molecular weight excluding hydrogens is 468 g/mol. The van der Waals surface area contributed by atoms with Crippen molar-refractivity contribution < 1.29 is 17.7 Å². The van der Waals surface area contributed by atoms with Crippen molar-refractivity contribution in [2.24, 2.45) is 0 Å². The number of aromatic nitrogens is 4. The van der Waals surface area contributed by atoms with Crippen LogP contribution in [0.3, 0.4) is 0 Å². The van der Waals surface area contributed by atoms with Gasteiger partial charge < -0.3 is 19.1 Å². The van der Waals surface area contributed by atoms with Gasteiger partial charge in [-0.3, -0.25) is 0 Å². The second-order valence-corrected chi connectivity index (χ2v) is 12.1. The largest absolute Gasteiger partial charge is 0.474 e. The Kier molecular flexibility index (Phi) is 5.90. The van der Waals surface area contributed by atoms with Crippen LogP contribution in [0, 0.1) is 0 Å². The Hall–Kier alpha value is -3.21. The molecule has 1 fully saturated rings. The van der Waals surface area contributed by atoms with Crippen molar-refractivity contribution in [3.63, 3.8) is 0 Å². The number of piperidine rings is 1. The van der Waals surface area contributed by atoms with Crippen LogP contribution in [0.1, 0.15) is 45.0 Å². The second kappa shape index (κ2) is 8.78. The minimum Gasteiger partial charge on any atom is -0.474 e. The first kappa shape index (κ1) is 23.5. The highest BCUT2D eigenvalue weighted by Crippen LogP contribution is 2.36. The lowest BCUT2D eigenvalue weighted by Gasteiger charge is -2.30. The van der Waals surface area contributed by atoms with Gasteiger partial charge in [-0.15, -0.1) is 0 Å². The molecule has 1 aromatic carbocycles. The average molecular weight is 499 g/mol. The van der Waals surface area contributed by atoms with Gasteiger partial charge in [-0.05, 0) is 30.2 Å². The summed E-state index contributed by atoms with van der Waals surface area (Å²) < 4.78 is 35.5. The molecule has 2 aliphatic heterocycles. The van der Waals surface area contributed by atoms with Gasteiger partial charge in [0.1, 0.15) is 18.2 Å². The van der Waals surface area contributed by atoms with Crippen LogP contribution in [-0.2, 0) is 21.7 Å². The van der Waals surface area contributed by atoms with E-state index in [1.165, 1.54) is 12.6 Å². The number of anilines is 3. The zero-order chi connectivity index (χ0) is 24.8. The third-order valence-corrected chi connectivity index (χ3v) is 7.48. The molecule has 186 valence electrons. The summed E-state index contributed by atoms with van der Waals surface area (Å²) in [6.45, 7) is 8.42. The fourth-order valence-electron chi connectivity index (χ4n) is 4.37. The number of nitrogens with zero attached hydrogens (tertiary/aromatic N) is 6. The topological polar surface area (TPSA) is 115 Å². The Morgan fingerprint density at radius 1 is 1.09 bits per heavy atom. The molecule has 2 aromatic heterocycles. The van der Waals surface area contributed by atoms with Crippen LogP contribution in [0.2, 0.25) is 0 Å². The van der Waals surface area contributed by atoms with Gasteiger partial charge in [0.2, 0.25) is 5.88 Å². The van der Waals surface area contributed by atoms with Gasteiger partial charge >= 0.3 is 6.01 Å². The molecule has 4 heterocycles. The molecule has 0 N–H and O–H groups in total. The van der Waals surface area contributed by atoms with E-state index in [0.29, 0.717) is 22.6 Å². The number of rotatable bonds is 5. The molecule has 1 saturated heterocycles. The van der Waals surface area contributed by atoms with E-state index in [1.54, 1.807) is 12.1 Å². The zero-order valence-electron chi connectivity index (χ0n) is 20.4. The minimum absolute atomic E-state index is 0.0298. The first-order valence-electron chi connectivity index (χ1n) is 11.8. The summed E-state index contributed by atoms with van der Waals surface area (Å²) in [5.41, 5.74) is 1.81. The van der Waals surface area contributed by atoms with Crippen molar-refractivity contribution >= 4 is 27.4 Å². The van der Waals surface area contributed by atoms with E-state index in [0.717, 1.165) is 56.0 Å². The number of fused-ring (bicyclic) bond motifs is 1. The Balaban J connectivity index is 1.23. The summed E-state index contributed by atoms with van der Waals surface area (Å²) in [4.78, 5) is 17.8. The van der Waals surface area contributed by atoms with Gasteiger partial charge in [0.25, 0.3) is 0 Å². The summed E-state index contributed by atoms with van der Waals surface area (Å²) in [5.74, 6) is 1.97. The first-order valence-corrected chi connectivity index (χ1v) is 13.7. The summed E-state index contributed by atoms with van der Waals surface area (Å²) in [6.07, 6.45) is 5.15. The molecule has 0 bridgehead atoms. The van der Waals surface area contributed by atoms with Crippen LogP contribution in [0.25, 0.3) is 0 Å². The quantitative estimate of drug-likeness (QED) is 0.519. The maximum absolute atomic E-state index is 11.9. The van der Waals surface area contributed by atoms with Gasteiger partial charge in [0, 0.05) is 55.9 Å². The maximum atomic E-state index is 11.9. The van der Waals surface area contributed by atoms with E-state index in [-0.39, 0.29) is 11.5 Å². The smallest absolute Gasteiger partial charge is 0.324 e. The van der Waals surface area contributed by atoms with Crippen molar-refractivity contribution in [3.05, 3.63) is 42.0 Å². The molecule has 35 heavy (non-hydrogen) atoms. The Bertz CT molecular complexity index is 1330. The van der Waals surface area contributed by atoms with E-state index >= 15 is 0 Å². The minimum atomic E-state index is -3.24. The number of sulfone groups is 1. The van der Waals surface area contributed by atoms with E-state index in [9.17, 15) is 8.42 Å². The molecule has 2 aliphatic rings. The van der Waals surface area contributed by atoms with Crippen LogP contribution < -0.4 is 14.5 Å². The fourth-order valence-corrected chi connectivity index (χ4v) is 5.04. The summed E-state index contributed by atoms with van der Waals surface area (Å²) in [7, 11) is -3.24. The summed E-state index contributed by atoms with van der Waals surface area (Å²) >= 11 is 0. The predicted octanol–water partition coefficient (Wildman–Crippen LogP) is 3.30.